The number of ether oxygens (including phenoxy) is 1. The Morgan fingerprint density at radius 2 is 2.20 bits per heavy atom. The number of hydrogen-bond donors (Lipinski definition) is 2. The van der Waals surface area contributed by atoms with Crippen LogP contribution >= 0.6 is 0 Å². The summed E-state index contributed by atoms with van der Waals surface area (Å²) in [5, 5.41) is 19.0. The molecule has 1 aromatic heterocycles. The molecule has 5 heteroatoms. The van der Waals surface area contributed by atoms with E-state index in [4.69, 9.17) is 4.74 Å². The van der Waals surface area contributed by atoms with Crippen LogP contribution in [0, 0.1) is 0 Å². The topological polar surface area (TPSA) is 59.3 Å². The van der Waals surface area contributed by atoms with Crippen molar-refractivity contribution in [2.45, 2.75) is 26.0 Å². The van der Waals surface area contributed by atoms with Gasteiger partial charge in [-0.3, -0.25) is 4.68 Å². The van der Waals surface area contributed by atoms with Crippen LogP contribution in [-0.2, 0) is 17.7 Å². The molecule has 2 rings (SSSR count). The van der Waals surface area contributed by atoms with Gasteiger partial charge in [0.05, 0.1) is 23.9 Å². The molecule has 0 fully saturated rings. The monoisotopic (exact) mass is 277 g/mol. The predicted octanol–water partition coefficient (Wildman–Crippen LogP) is 1.20. The molecule has 0 saturated carbocycles. The Labute approximate surface area is 119 Å². The van der Waals surface area contributed by atoms with Crippen molar-refractivity contribution in [1.82, 2.24) is 15.1 Å². The van der Waals surface area contributed by atoms with Gasteiger partial charge in [-0.05, 0) is 13.0 Å². The van der Waals surface area contributed by atoms with Gasteiger partial charge in [-0.15, -0.1) is 0 Å². The summed E-state index contributed by atoms with van der Waals surface area (Å²) in [6.45, 7) is 4.86. The van der Waals surface area contributed by atoms with Crippen LogP contribution in [-0.4, -0.2) is 47.8 Å². The predicted molar refractivity (Wildman–Crippen MR) is 79.9 cm³/mol. The first kappa shape index (κ1) is 15.0. The van der Waals surface area contributed by atoms with E-state index in [-0.39, 0.29) is 0 Å². The van der Waals surface area contributed by atoms with Gasteiger partial charge in [0.1, 0.15) is 0 Å². The molecule has 0 amide bonds. The van der Waals surface area contributed by atoms with E-state index in [9.17, 15) is 5.11 Å². The Balaban J connectivity index is 2.02. The average molecular weight is 277 g/mol. The van der Waals surface area contributed by atoms with Crippen molar-refractivity contribution in [1.29, 1.82) is 0 Å². The van der Waals surface area contributed by atoms with Crippen molar-refractivity contribution in [3.63, 3.8) is 0 Å². The van der Waals surface area contributed by atoms with Crippen LogP contribution in [0.25, 0.3) is 10.9 Å². The second-order valence-electron chi connectivity index (χ2n) is 4.83. The fourth-order valence-electron chi connectivity index (χ4n) is 2.33. The van der Waals surface area contributed by atoms with Crippen LogP contribution in [0.15, 0.2) is 24.3 Å². The molecular weight excluding hydrogens is 254 g/mol. The van der Waals surface area contributed by atoms with Crippen LogP contribution in [0.4, 0.5) is 0 Å². The van der Waals surface area contributed by atoms with E-state index in [2.05, 4.69) is 29.5 Å². The van der Waals surface area contributed by atoms with E-state index in [1.54, 1.807) is 7.11 Å². The van der Waals surface area contributed by atoms with Crippen LogP contribution in [0.1, 0.15) is 12.6 Å². The number of benzene rings is 1. The molecule has 0 bridgehead atoms. The summed E-state index contributed by atoms with van der Waals surface area (Å²) in [7, 11) is 1.67. The maximum absolute atomic E-state index is 10.1. The van der Waals surface area contributed by atoms with Crippen molar-refractivity contribution in [2.75, 3.05) is 26.8 Å². The highest BCUT2D eigenvalue weighted by atomic mass is 16.5. The van der Waals surface area contributed by atoms with Gasteiger partial charge in [-0.2, -0.15) is 5.10 Å². The van der Waals surface area contributed by atoms with Crippen LogP contribution in [0.2, 0.25) is 0 Å². The zero-order chi connectivity index (χ0) is 14.4. The smallest absolute Gasteiger partial charge is 0.0729 e. The minimum Gasteiger partial charge on any atom is -0.391 e. The number of aromatic nitrogens is 2. The van der Waals surface area contributed by atoms with Gasteiger partial charge in [0.25, 0.3) is 0 Å². The standard InChI is InChI=1S/C15H23N3O2/c1-3-18-15-7-5-4-6-13(15)14(17-18)10-12(19)11-16-8-9-20-2/h4-7,12,16,19H,3,8-11H2,1-2H3. The Morgan fingerprint density at radius 1 is 1.40 bits per heavy atom. The van der Waals surface area contributed by atoms with Gasteiger partial charge in [-0.1, -0.05) is 18.2 Å². The van der Waals surface area contributed by atoms with E-state index in [0.717, 1.165) is 29.7 Å². The SMILES string of the molecule is CCn1nc(CC(O)CNCCOC)c2ccccc21. The third kappa shape index (κ3) is 3.56. The number of para-hydroxylation sites is 1. The van der Waals surface area contributed by atoms with Gasteiger partial charge in [0.15, 0.2) is 0 Å². The lowest BCUT2D eigenvalue weighted by Crippen LogP contribution is -2.30. The fourth-order valence-corrected chi connectivity index (χ4v) is 2.33. The van der Waals surface area contributed by atoms with E-state index < -0.39 is 6.10 Å². The van der Waals surface area contributed by atoms with Crippen molar-refractivity contribution in [3.05, 3.63) is 30.0 Å². The highest BCUT2D eigenvalue weighted by molar-refractivity contribution is 5.81. The van der Waals surface area contributed by atoms with E-state index in [1.165, 1.54) is 0 Å². The zero-order valence-electron chi connectivity index (χ0n) is 12.2. The molecule has 0 aliphatic rings. The maximum Gasteiger partial charge on any atom is 0.0729 e. The highest BCUT2D eigenvalue weighted by Crippen LogP contribution is 2.19. The first-order chi connectivity index (χ1) is 9.76. The van der Waals surface area contributed by atoms with E-state index >= 15 is 0 Å². The lowest BCUT2D eigenvalue weighted by Gasteiger charge is -2.10. The molecule has 2 aromatic rings. The Morgan fingerprint density at radius 3 is 2.95 bits per heavy atom. The van der Waals surface area contributed by atoms with Crippen molar-refractivity contribution in [2.24, 2.45) is 0 Å². The number of aliphatic hydroxyl groups is 1. The first-order valence-electron chi connectivity index (χ1n) is 7.08. The number of aliphatic hydroxyl groups excluding tert-OH is 1. The minimum atomic E-state index is -0.435. The first-order valence-corrected chi connectivity index (χ1v) is 7.08. The third-order valence-corrected chi connectivity index (χ3v) is 3.33. The largest absolute Gasteiger partial charge is 0.391 e. The quantitative estimate of drug-likeness (QED) is 0.712. The number of rotatable bonds is 8. The van der Waals surface area contributed by atoms with Gasteiger partial charge in [0.2, 0.25) is 0 Å². The second kappa shape index (κ2) is 7.38. The molecule has 1 aromatic carbocycles. The summed E-state index contributed by atoms with van der Waals surface area (Å²) in [5.74, 6) is 0. The van der Waals surface area contributed by atoms with Gasteiger partial charge < -0.3 is 15.2 Å². The van der Waals surface area contributed by atoms with Crippen molar-refractivity contribution in [3.8, 4) is 0 Å². The number of fused-ring (bicyclic) bond motifs is 1. The lowest BCUT2D eigenvalue weighted by atomic mass is 10.1. The Kier molecular flexibility index (Phi) is 5.52. The number of nitrogens with one attached hydrogen (secondary N) is 1. The molecule has 0 saturated heterocycles. The molecule has 1 heterocycles. The van der Waals surface area contributed by atoms with Crippen LogP contribution in [0.5, 0.6) is 0 Å². The molecule has 0 spiro atoms. The average Bonchev–Trinajstić information content (AvgIpc) is 2.82. The fraction of sp³-hybridized carbons (Fsp3) is 0.533. The van der Waals surface area contributed by atoms with Gasteiger partial charge in [0, 0.05) is 38.6 Å². The molecular formula is C15H23N3O2. The molecule has 110 valence electrons. The maximum atomic E-state index is 10.1. The van der Waals surface area contributed by atoms with Gasteiger partial charge >= 0.3 is 0 Å². The molecule has 1 unspecified atom stereocenters. The molecule has 2 N–H and O–H groups in total. The van der Waals surface area contributed by atoms with E-state index in [1.807, 2.05) is 16.8 Å². The van der Waals surface area contributed by atoms with Crippen LogP contribution in [0.3, 0.4) is 0 Å². The molecule has 5 nitrogen and oxygen atoms in total. The number of hydrogen-bond acceptors (Lipinski definition) is 4. The molecule has 0 aliphatic carbocycles. The Bertz CT molecular complexity index is 539. The zero-order valence-corrected chi connectivity index (χ0v) is 12.2. The Hall–Kier alpha value is -1.43. The number of aryl methyl sites for hydroxylation is 1. The van der Waals surface area contributed by atoms with Crippen molar-refractivity contribution >= 4 is 10.9 Å². The number of methoxy groups -OCH3 is 1. The summed E-state index contributed by atoms with van der Waals surface area (Å²) < 4.78 is 6.94. The molecule has 20 heavy (non-hydrogen) atoms. The summed E-state index contributed by atoms with van der Waals surface area (Å²) in [6.07, 6.45) is 0.128. The normalized spacial score (nSPS) is 12.9. The number of nitrogens with zero attached hydrogens (tertiary/aromatic N) is 2. The summed E-state index contributed by atoms with van der Waals surface area (Å²) >= 11 is 0. The van der Waals surface area contributed by atoms with E-state index in [0.29, 0.717) is 19.6 Å². The molecule has 0 aliphatic heterocycles. The third-order valence-electron chi connectivity index (χ3n) is 3.33. The lowest BCUT2D eigenvalue weighted by molar-refractivity contribution is 0.159. The summed E-state index contributed by atoms with van der Waals surface area (Å²) in [6, 6.07) is 8.16. The summed E-state index contributed by atoms with van der Waals surface area (Å²) in [4.78, 5) is 0. The summed E-state index contributed by atoms with van der Waals surface area (Å²) in [5.41, 5.74) is 2.09. The van der Waals surface area contributed by atoms with Crippen molar-refractivity contribution < 1.29 is 9.84 Å². The van der Waals surface area contributed by atoms with Gasteiger partial charge in [-0.25, -0.2) is 0 Å². The molecule has 0 radical (unpaired) electrons. The second-order valence-corrected chi connectivity index (χ2v) is 4.83. The molecule has 1 atom stereocenters. The minimum absolute atomic E-state index is 0.435. The van der Waals surface area contributed by atoms with Crippen LogP contribution < -0.4 is 5.32 Å². The highest BCUT2D eigenvalue weighted by Gasteiger charge is 2.13.